The fraction of sp³-hybridized carbons (Fsp3) is 0.310. The molecule has 1 atom stereocenters. The number of carbonyl (C=O) groups excluding carboxylic acids is 1. The van der Waals surface area contributed by atoms with E-state index in [4.69, 9.17) is 28.3 Å². The van der Waals surface area contributed by atoms with E-state index in [9.17, 15) is 4.79 Å². The van der Waals surface area contributed by atoms with Crippen LogP contribution >= 0.6 is 0 Å². The molecule has 0 unspecified atom stereocenters. The van der Waals surface area contributed by atoms with Crippen LogP contribution in [-0.4, -0.2) is 56.4 Å². The summed E-state index contributed by atoms with van der Waals surface area (Å²) >= 11 is 0. The molecule has 1 aliphatic rings. The van der Waals surface area contributed by atoms with Gasteiger partial charge in [0.1, 0.15) is 12.0 Å². The predicted molar refractivity (Wildman–Crippen MR) is 139 cm³/mol. The van der Waals surface area contributed by atoms with Gasteiger partial charge in [0.05, 0.1) is 50.5 Å². The summed E-state index contributed by atoms with van der Waals surface area (Å²) in [4.78, 5) is 20.4. The van der Waals surface area contributed by atoms with Gasteiger partial charge in [0.25, 0.3) is 5.91 Å². The average molecular weight is 503 g/mol. The number of hydrogen-bond acceptors (Lipinski definition) is 7. The number of nitrogens with zero attached hydrogens (tertiary/aromatic N) is 2. The Bertz CT molecular complexity index is 1380. The molecule has 2 aromatic heterocycles. The number of carbonyl (C=O) groups is 1. The van der Waals surface area contributed by atoms with E-state index in [2.05, 4.69) is 6.07 Å². The van der Waals surface area contributed by atoms with Gasteiger partial charge in [0.2, 0.25) is 0 Å². The van der Waals surface area contributed by atoms with Crippen LogP contribution in [0.2, 0.25) is 0 Å². The lowest BCUT2D eigenvalue weighted by Crippen LogP contribution is -2.37. The van der Waals surface area contributed by atoms with E-state index in [0.29, 0.717) is 36.8 Å². The fourth-order valence-electron chi connectivity index (χ4n) is 4.71. The molecular formula is C29H30N2O6. The largest absolute Gasteiger partial charge is 0.497 e. The molecular weight excluding hydrogens is 472 g/mol. The summed E-state index contributed by atoms with van der Waals surface area (Å²) in [5.74, 6) is 1.82. The van der Waals surface area contributed by atoms with Crippen molar-refractivity contribution in [2.45, 2.75) is 25.5 Å². The molecule has 1 amide bonds. The summed E-state index contributed by atoms with van der Waals surface area (Å²) < 4.78 is 27.6. The molecule has 8 nitrogen and oxygen atoms in total. The first-order valence-corrected chi connectivity index (χ1v) is 12.2. The van der Waals surface area contributed by atoms with Crippen molar-refractivity contribution in [3.8, 4) is 28.5 Å². The van der Waals surface area contributed by atoms with Crippen LogP contribution in [0.25, 0.3) is 22.2 Å². The lowest BCUT2D eigenvalue weighted by atomic mass is 10.0. The number of ether oxygens (including phenoxy) is 4. The summed E-state index contributed by atoms with van der Waals surface area (Å²) in [6.07, 6.45) is 4.89. The van der Waals surface area contributed by atoms with Crippen molar-refractivity contribution < 1.29 is 28.2 Å². The lowest BCUT2D eigenvalue weighted by Gasteiger charge is -2.26. The standard InChI is InChI=1S/C29H30N2O6/c1-33-23-7-4-6-19(13-23)28-22(12-21-14-26(34-2)27(35-3)15-25(21)30-28)16-31(17-24-8-5-10-37-24)29(32)20-9-11-36-18-20/h4,6-7,9,11-15,18,24H,5,8,10,16-17H2,1-3H3/t24-/m0/s1. The number of fused-ring (bicyclic) bond motifs is 1. The van der Waals surface area contributed by atoms with Crippen molar-refractivity contribution in [3.63, 3.8) is 0 Å². The van der Waals surface area contributed by atoms with Gasteiger partial charge in [0, 0.05) is 36.7 Å². The third-order valence-corrected chi connectivity index (χ3v) is 6.61. The number of rotatable bonds is 9. The van der Waals surface area contributed by atoms with E-state index < -0.39 is 0 Å². The number of benzene rings is 2. The van der Waals surface area contributed by atoms with E-state index in [1.54, 1.807) is 27.4 Å². The highest BCUT2D eigenvalue weighted by atomic mass is 16.5. The number of aromatic nitrogens is 1. The summed E-state index contributed by atoms with van der Waals surface area (Å²) in [7, 11) is 4.85. The molecule has 8 heteroatoms. The molecule has 0 saturated carbocycles. The van der Waals surface area contributed by atoms with E-state index in [1.165, 1.54) is 12.5 Å². The van der Waals surface area contributed by atoms with Gasteiger partial charge in [-0.2, -0.15) is 0 Å². The quantitative estimate of drug-likeness (QED) is 0.305. The van der Waals surface area contributed by atoms with Crippen LogP contribution in [0, 0.1) is 0 Å². The summed E-state index contributed by atoms with van der Waals surface area (Å²) in [6.45, 7) is 1.53. The highest BCUT2D eigenvalue weighted by Gasteiger charge is 2.26. The second-order valence-corrected chi connectivity index (χ2v) is 8.96. The zero-order chi connectivity index (χ0) is 25.8. The van der Waals surface area contributed by atoms with Crippen molar-refractivity contribution in [1.29, 1.82) is 0 Å². The van der Waals surface area contributed by atoms with Crippen molar-refractivity contribution in [2.75, 3.05) is 34.5 Å². The Balaban J connectivity index is 1.62. The Morgan fingerprint density at radius 3 is 2.59 bits per heavy atom. The number of pyridine rings is 1. The van der Waals surface area contributed by atoms with Crippen molar-refractivity contribution in [1.82, 2.24) is 9.88 Å². The zero-order valence-corrected chi connectivity index (χ0v) is 21.2. The van der Waals surface area contributed by atoms with Crippen molar-refractivity contribution >= 4 is 16.8 Å². The number of amides is 1. The van der Waals surface area contributed by atoms with Gasteiger partial charge in [-0.3, -0.25) is 4.79 Å². The smallest absolute Gasteiger partial charge is 0.257 e. The molecule has 1 fully saturated rings. The molecule has 0 aliphatic carbocycles. The van der Waals surface area contributed by atoms with E-state index >= 15 is 0 Å². The van der Waals surface area contributed by atoms with Crippen LogP contribution < -0.4 is 14.2 Å². The molecule has 2 aromatic carbocycles. The maximum Gasteiger partial charge on any atom is 0.257 e. The lowest BCUT2D eigenvalue weighted by molar-refractivity contribution is 0.0507. The molecule has 4 aromatic rings. The van der Waals surface area contributed by atoms with Gasteiger partial charge < -0.3 is 28.3 Å². The first-order valence-electron chi connectivity index (χ1n) is 12.2. The first kappa shape index (κ1) is 24.6. The van der Waals surface area contributed by atoms with Crippen molar-refractivity contribution in [2.24, 2.45) is 0 Å². The minimum atomic E-state index is -0.117. The normalized spacial score (nSPS) is 15.1. The minimum absolute atomic E-state index is 0.00566. The maximum atomic E-state index is 13.5. The number of furan rings is 1. The highest BCUT2D eigenvalue weighted by molar-refractivity contribution is 5.94. The molecule has 0 spiro atoms. The average Bonchev–Trinajstić information content (AvgIpc) is 3.66. The molecule has 37 heavy (non-hydrogen) atoms. The van der Waals surface area contributed by atoms with E-state index in [1.807, 2.05) is 41.3 Å². The Kier molecular flexibility index (Phi) is 7.28. The fourth-order valence-corrected chi connectivity index (χ4v) is 4.71. The van der Waals surface area contributed by atoms with Gasteiger partial charge in [-0.1, -0.05) is 12.1 Å². The van der Waals surface area contributed by atoms with Crippen LogP contribution in [-0.2, 0) is 11.3 Å². The molecule has 1 saturated heterocycles. The minimum Gasteiger partial charge on any atom is -0.497 e. The molecule has 192 valence electrons. The van der Waals surface area contributed by atoms with Gasteiger partial charge in [-0.05, 0) is 48.7 Å². The Morgan fingerprint density at radius 2 is 1.89 bits per heavy atom. The van der Waals surface area contributed by atoms with E-state index in [0.717, 1.165) is 46.3 Å². The first-order chi connectivity index (χ1) is 18.1. The van der Waals surface area contributed by atoms with Crippen LogP contribution in [0.15, 0.2) is 65.5 Å². The van der Waals surface area contributed by atoms with E-state index in [-0.39, 0.29) is 12.0 Å². The molecule has 1 aliphatic heterocycles. The SMILES string of the molecule is COc1cccc(-c2nc3cc(OC)c(OC)cc3cc2CN(C[C@@H]2CCCO2)C(=O)c2ccoc2)c1. The Labute approximate surface area is 215 Å². The van der Waals surface area contributed by atoms with Gasteiger partial charge in [-0.15, -0.1) is 0 Å². The summed E-state index contributed by atoms with van der Waals surface area (Å²) in [5, 5.41) is 0.882. The zero-order valence-electron chi connectivity index (χ0n) is 21.2. The van der Waals surface area contributed by atoms with Crippen LogP contribution in [0.3, 0.4) is 0 Å². The van der Waals surface area contributed by atoms with Crippen LogP contribution in [0.4, 0.5) is 0 Å². The molecule has 5 rings (SSSR count). The Morgan fingerprint density at radius 1 is 1.05 bits per heavy atom. The topological polar surface area (TPSA) is 83.3 Å². The monoisotopic (exact) mass is 502 g/mol. The summed E-state index contributed by atoms with van der Waals surface area (Å²) in [5.41, 5.74) is 3.80. The molecule has 0 N–H and O–H groups in total. The molecule has 3 heterocycles. The van der Waals surface area contributed by atoms with Crippen molar-refractivity contribution in [3.05, 3.63) is 72.2 Å². The second-order valence-electron chi connectivity index (χ2n) is 8.96. The number of hydrogen-bond donors (Lipinski definition) is 0. The second kappa shape index (κ2) is 10.9. The third-order valence-electron chi connectivity index (χ3n) is 6.61. The maximum absolute atomic E-state index is 13.5. The van der Waals surface area contributed by atoms with Gasteiger partial charge in [0.15, 0.2) is 11.5 Å². The highest BCUT2D eigenvalue weighted by Crippen LogP contribution is 2.35. The number of methoxy groups -OCH3 is 3. The molecule has 0 bridgehead atoms. The predicted octanol–water partition coefficient (Wildman–Crippen LogP) is 5.34. The van der Waals surface area contributed by atoms with Gasteiger partial charge >= 0.3 is 0 Å². The third kappa shape index (κ3) is 5.24. The summed E-state index contributed by atoms with van der Waals surface area (Å²) in [6, 6.07) is 15.3. The van der Waals surface area contributed by atoms with Crippen LogP contribution in [0.5, 0.6) is 17.2 Å². The van der Waals surface area contributed by atoms with Crippen LogP contribution in [0.1, 0.15) is 28.8 Å². The Hall–Kier alpha value is -4.04. The molecule has 0 radical (unpaired) electrons. The van der Waals surface area contributed by atoms with Gasteiger partial charge in [-0.25, -0.2) is 4.98 Å².